The van der Waals surface area contributed by atoms with E-state index < -0.39 is 17.4 Å². The maximum atomic E-state index is 13.2. The molecular formula is C18H12ClFO4. The molecular weight excluding hydrogens is 335 g/mol. The molecule has 6 heteroatoms. The zero-order valence-corrected chi connectivity index (χ0v) is 13.4. The summed E-state index contributed by atoms with van der Waals surface area (Å²) >= 11 is 6.11. The van der Waals surface area contributed by atoms with Gasteiger partial charge >= 0.3 is 11.6 Å². The topological polar surface area (TPSA) is 56.5 Å². The Hall–Kier alpha value is -2.66. The largest absolute Gasteiger partial charge is 0.457 e. The summed E-state index contributed by atoms with van der Waals surface area (Å²) in [5.41, 5.74) is 1.13. The lowest BCUT2D eigenvalue weighted by Gasteiger charge is -2.08. The highest BCUT2D eigenvalue weighted by atomic mass is 35.5. The summed E-state index contributed by atoms with van der Waals surface area (Å²) in [5.74, 6) is -1.22. The second-order valence-electron chi connectivity index (χ2n) is 5.27. The fraction of sp³-hybridized carbons (Fsp3) is 0.111. The number of hydrogen-bond donors (Lipinski definition) is 0. The molecule has 1 heterocycles. The van der Waals surface area contributed by atoms with E-state index in [1.165, 1.54) is 24.3 Å². The number of fused-ring (bicyclic) bond motifs is 1. The van der Waals surface area contributed by atoms with Crippen molar-refractivity contribution in [2.45, 2.75) is 13.5 Å². The van der Waals surface area contributed by atoms with Crippen molar-refractivity contribution >= 4 is 28.5 Å². The Bertz CT molecular complexity index is 994. The molecule has 2 aromatic carbocycles. The monoisotopic (exact) mass is 346 g/mol. The van der Waals surface area contributed by atoms with Crippen molar-refractivity contribution in [3.63, 3.8) is 0 Å². The first-order valence-electron chi connectivity index (χ1n) is 7.09. The summed E-state index contributed by atoms with van der Waals surface area (Å²) in [6.07, 6.45) is 0. The third-order valence-electron chi connectivity index (χ3n) is 3.53. The van der Waals surface area contributed by atoms with E-state index in [0.29, 0.717) is 21.6 Å². The van der Waals surface area contributed by atoms with E-state index in [9.17, 15) is 14.0 Å². The molecule has 0 saturated carbocycles. The fourth-order valence-corrected chi connectivity index (χ4v) is 2.47. The van der Waals surface area contributed by atoms with Crippen LogP contribution in [-0.4, -0.2) is 5.97 Å². The average Bonchev–Trinajstić information content (AvgIpc) is 2.54. The van der Waals surface area contributed by atoms with Crippen molar-refractivity contribution < 1.29 is 18.3 Å². The quantitative estimate of drug-likeness (QED) is 0.525. The minimum Gasteiger partial charge on any atom is -0.457 e. The number of ether oxygens (including phenoxy) is 1. The van der Waals surface area contributed by atoms with Gasteiger partial charge in [0.25, 0.3) is 0 Å². The normalized spacial score (nSPS) is 10.8. The lowest BCUT2D eigenvalue weighted by Crippen LogP contribution is -2.08. The summed E-state index contributed by atoms with van der Waals surface area (Å²) in [5, 5.41) is 1.09. The van der Waals surface area contributed by atoms with Crippen LogP contribution in [0.5, 0.6) is 0 Å². The van der Waals surface area contributed by atoms with Crippen molar-refractivity contribution in [3.05, 3.63) is 80.4 Å². The van der Waals surface area contributed by atoms with Crippen LogP contribution in [0.1, 0.15) is 21.5 Å². The van der Waals surface area contributed by atoms with Gasteiger partial charge in [-0.1, -0.05) is 17.7 Å². The highest BCUT2D eigenvalue weighted by Gasteiger charge is 2.12. The highest BCUT2D eigenvalue weighted by Crippen LogP contribution is 2.25. The Balaban J connectivity index is 1.91. The van der Waals surface area contributed by atoms with E-state index in [1.54, 1.807) is 19.1 Å². The van der Waals surface area contributed by atoms with Gasteiger partial charge in [-0.05, 0) is 42.8 Å². The Morgan fingerprint density at radius 3 is 2.79 bits per heavy atom. The maximum Gasteiger partial charge on any atom is 0.338 e. The average molecular weight is 347 g/mol. The van der Waals surface area contributed by atoms with Gasteiger partial charge in [-0.15, -0.1) is 0 Å². The first kappa shape index (κ1) is 16.2. The van der Waals surface area contributed by atoms with Crippen molar-refractivity contribution in [2.24, 2.45) is 0 Å². The van der Waals surface area contributed by atoms with Gasteiger partial charge in [0.15, 0.2) is 0 Å². The smallest absolute Gasteiger partial charge is 0.338 e. The van der Waals surface area contributed by atoms with Crippen LogP contribution in [0.3, 0.4) is 0 Å². The van der Waals surface area contributed by atoms with E-state index in [4.69, 9.17) is 20.8 Å². The second kappa shape index (κ2) is 6.45. The summed E-state index contributed by atoms with van der Waals surface area (Å²) in [6.45, 7) is 1.63. The molecule has 0 atom stereocenters. The Kier molecular flexibility index (Phi) is 4.36. The first-order chi connectivity index (χ1) is 11.4. The van der Waals surface area contributed by atoms with Gasteiger partial charge in [0.05, 0.1) is 5.56 Å². The van der Waals surface area contributed by atoms with E-state index >= 15 is 0 Å². The molecule has 0 saturated heterocycles. The summed E-state index contributed by atoms with van der Waals surface area (Å²) in [7, 11) is 0. The molecule has 0 spiro atoms. The lowest BCUT2D eigenvalue weighted by atomic mass is 10.1. The van der Waals surface area contributed by atoms with Gasteiger partial charge in [-0.2, -0.15) is 0 Å². The molecule has 0 aliphatic rings. The minimum absolute atomic E-state index is 0.0937. The molecule has 0 unspecified atom stereocenters. The summed E-state index contributed by atoms with van der Waals surface area (Å²) in [6, 6.07) is 9.73. The van der Waals surface area contributed by atoms with Crippen molar-refractivity contribution in [3.8, 4) is 0 Å². The summed E-state index contributed by atoms with van der Waals surface area (Å²) in [4.78, 5) is 23.7. The van der Waals surface area contributed by atoms with Crippen LogP contribution in [0.4, 0.5) is 4.39 Å². The van der Waals surface area contributed by atoms with Crippen LogP contribution in [0.2, 0.25) is 5.02 Å². The Morgan fingerprint density at radius 1 is 1.25 bits per heavy atom. The molecule has 0 N–H and O–H groups in total. The number of halogens is 2. The molecule has 0 amide bonds. The number of rotatable bonds is 3. The lowest BCUT2D eigenvalue weighted by molar-refractivity contribution is 0.0473. The molecule has 122 valence electrons. The van der Waals surface area contributed by atoms with Gasteiger partial charge in [0.1, 0.15) is 18.0 Å². The van der Waals surface area contributed by atoms with Crippen molar-refractivity contribution in [1.29, 1.82) is 0 Å². The molecule has 3 aromatic rings. The van der Waals surface area contributed by atoms with Crippen molar-refractivity contribution in [2.75, 3.05) is 0 Å². The molecule has 0 bridgehead atoms. The van der Waals surface area contributed by atoms with Crippen LogP contribution >= 0.6 is 11.6 Å². The molecule has 0 aliphatic heterocycles. The van der Waals surface area contributed by atoms with Gasteiger partial charge in [0.2, 0.25) is 0 Å². The number of esters is 1. The molecule has 4 nitrogen and oxygen atoms in total. The SMILES string of the molecule is Cc1cc2oc(=O)cc(COC(=O)c3cccc(F)c3)c2cc1Cl. The number of carbonyl (C=O) groups is 1. The van der Waals surface area contributed by atoms with Gasteiger partial charge in [0, 0.05) is 22.0 Å². The Morgan fingerprint density at radius 2 is 2.04 bits per heavy atom. The number of carbonyl (C=O) groups excluding carboxylic acids is 1. The highest BCUT2D eigenvalue weighted by molar-refractivity contribution is 6.32. The van der Waals surface area contributed by atoms with Crippen LogP contribution < -0.4 is 5.63 Å². The zero-order chi connectivity index (χ0) is 17.3. The molecule has 0 aliphatic carbocycles. The van der Waals surface area contributed by atoms with Crippen LogP contribution in [-0.2, 0) is 11.3 Å². The fourth-order valence-electron chi connectivity index (χ4n) is 2.31. The Labute approximate surface area is 141 Å². The van der Waals surface area contributed by atoms with Crippen LogP contribution in [0, 0.1) is 12.7 Å². The number of hydrogen-bond acceptors (Lipinski definition) is 4. The second-order valence-corrected chi connectivity index (χ2v) is 5.68. The molecule has 1 aromatic heterocycles. The predicted octanol–water partition coefficient (Wildman–Crippen LogP) is 4.25. The van der Waals surface area contributed by atoms with Crippen LogP contribution in [0.15, 0.2) is 51.7 Å². The van der Waals surface area contributed by atoms with Crippen molar-refractivity contribution in [1.82, 2.24) is 0 Å². The van der Waals surface area contributed by atoms with Gasteiger partial charge < -0.3 is 9.15 Å². The first-order valence-corrected chi connectivity index (χ1v) is 7.47. The van der Waals surface area contributed by atoms with E-state index in [0.717, 1.165) is 11.6 Å². The standard InChI is InChI=1S/C18H12ClFO4/c1-10-5-16-14(8-15(10)19)12(7-17(21)24-16)9-23-18(22)11-3-2-4-13(20)6-11/h2-8H,9H2,1H3. The van der Waals surface area contributed by atoms with E-state index in [1.807, 2.05) is 0 Å². The van der Waals surface area contributed by atoms with E-state index in [-0.39, 0.29) is 12.2 Å². The third kappa shape index (κ3) is 3.31. The van der Waals surface area contributed by atoms with Gasteiger partial charge in [-0.3, -0.25) is 0 Å². The molecule has 24 heavy (non-hydrogen) atoms. The third-order valence-corrected chi connectivity index (χ3v) is 3.94. The number of aryl methyl sites for hydroxylation is 1. The zero-order valence-electron chi connectivity index (χ0n) is 12.6. The number of benzene rings is 2. The van der Waals surface area contributed by atoms with Gasteiger partial charge in [-0.25, -0.2) is 14.0 Å². The summed E-state index contributed by atoms with van der Waals surface area (Å²) < 4.78 is 23.5. The minimum atomic E-state index is -0.686. The van der Waals surface area contributed by atoms with Crippen LogP contribution in [0.25, 0.3) is 11.0 Å². The van der Waals surface area contributed by atoms with E-state index in [2.05, 4.69) is 0 Å². The molecule has 0 fully saturated rings. The molecule has 0 radical (unpaired) electrons. The molecule has 3 rings (SSSR count). The maximum absolute atomic E-state index is 13.2. The predicted molar refractivity (Wildman–Crippen MR) is 87.8 cm³/mol.